The average Bonchev–Trinajstić information content (AvgIpc) is 2.70. The van der Waals surface area contributed by atoms with Crippen LogP contribution in [0.4, 0.5) is 79.0 Å². The summed E-state index contributed by atoms with van der Waals surface area (Å²) < 4.78 is 236. The molecule has 0 rings (SSSR count). The summed E-state index contributed by atoms with van der Waals surface area (Å²) in [5, 5.41) is 0. The Kier molecular flexibility index (Phi) is 11.0. The monoisotopic (exact) mass is 704 g/mol. The van der Waals surface area contributed by atoms with Gasteiger partial charge in [0.2, 0.25) is 0 Å². The maximum atomic E-state index is 14.9. The van der Waals surface area contributed by atoms with Gasteiger partial charge in [-0.15, -0.1) is 0 Å². The number of hydrogen-bond acceptors (Lipinski definition) is 2. The van der Waals surface area contributed by atoms with E-state index in [-0.39, 0.29) is 12.8 Å². The summed E-state index contributed by atoms with van der Waals surface area (Å²) in [6.07, 6.45) is -17.9. The molecule has 0 aliphatic carbocycles. The van der Waals surface area contributed by atoms with E-state index in [0.717, 1.165) is 13.8 Å². The molecule has 0 N–H and O–H groups in total. The molecule has 0 aliphatic rings. The Hall–Kier alpha value is -0.541. The van der Waals surface area contributed by atoms with Crippen molar-refractivity contribution in [1.29, 1.82) is 0 Å². The number of hydrogen-bond donors (Lipinski definition) is 0. The van der Waals surface area contributed by atoms with Crippen molar-refractivity contribution in [1.82, 2.24) is 0 Å². The molecule has 0 saturated carbocycles. The van der Waals surface area contributed by atoms with Crippen LogP contribution in [-0.2, 0) is 6.15 Å². The first-order valence-corrected chi connectivity index (χ1v) is 15.0. The van der Waals surface area contributed by atoms with Gasteiger partial charge >= 0.3 is 201 Å². The Bertz CT molecular complexity index is 683. The molecule has 0 amide bonds. The van der Waals surface area contributed by atoms with E-state index in [4.69, 9.17) is 0 Å². The molecule has 0 aromatic heterocycles. The Morgan fingerprint density at radius 3 is 0.865 bits per heavy atom. The van der Waals surface area contributed by atoms with Gasteiger partial charge in [0.25, 0.3) is 0 Å². The van der Waals surface area contributed by atoms with Gasteiger partial charge in [0.1, 0.15) is 0 Å². The molecule has 0 atom stereocenters. The number of halogens is 18. The van der Waals surface area contributed by atoms with Crippen LogP contribution >= 0.6 is 0 Å². The number of alkyl halides is 18. The molecular weight excluding hydrogens is 685 g/mol. The summed E-state index contributed by atoms with van der Waals surface area (Å²) in [5.41, 5.74) is 0. The van der Waals surface area contributed by atoms with Crippen molar-refractivity contribution in [3.63, 3.8) is 0 Å². The topological polar surface area (TPSA) is 18.5 Å². The Morgan fingerprint density at radius 2 is 0.676 bits per heavy atom. The summed E-state index contributed by atoms with van der Waals surface area (Å²) in [7, 11) is 0. The third kappa shape index (κ3) is 5.70. The fourth-order valence-corrected chi connectivity index (χ4v) is 11.6. The van der Waals surface area contributed by atoms with Gasteiger partial charge < -0.3 is 0 Å². The van der Waals surface area contributed by atoms with Crippen molar-refractivity contribution in [3.05, 3.63) is 0 Å². The van der Waals surface area contributed by atoms with Crippen molar-refractivity contribution in [2.24, 2.45) is 0 Å². The normalized spacial score (nSPS) is 15.9. The predicted octanol–water partition coefficient (Wildman–Crippen LogP) is 8.08. The van der Waals surface area contributed by atoms with Crippen LogP contribution in [0, 0.1) is 0 Å². The third-order valence-electron chi connectivity index (χ3n) is 4.72. The molecule has 224 valence electrons. The summed E-state index contributed by atoms with van der Waals surface area (Å²) in [4.78, 5) is 0. The van der Waals surface area contributed by atoms with Crippen LogP contribution in [0.15, 0.2) is 0 Å². The van der Waals surface area contributed by atoms with Gasteiger partial charge in [-0.2, -0.15) is 0 Å². The fraction of sp³-hybridized carbons (Fsp3) is 1.00. The van der Waals surface area contributed by atoms with Crippen LogP contribution in [0.25, 0.3) is 0 Å². The minimum absolute atomic E-state index is 0.377. The van der Waals surface area contributed by atoms with E-state index >= 15 is 0 Å². The first kappa shape index (κ1) is 36.5. The summed E-state index contributed by atoms with van der Waals surface area (Å²) in [6.45, 7) is -1.61. The van der Waals surface area contributed by atoms with Gasteiger partial charge in [-0.05, 0) is 0 Å². The molecule has 0 aliphatic heterocycles. The van der Waals surface area contributed by atoms with Gasteiger partial charge in [-0.1, -0.05) is 0 Å². The van der Waals surface area contributed by atoms with E-state index < -0.39 is 89.2 Å². The van der Waals surface area contributed by atoms with E-state index in [0.29, 0.717) is 0 Å². The van der Waals surface area contributed by atoms with E-state index in [1.165, 1.54) is 0 Å². The molecule has 21 heteroatoms. The van der Waals surface area contributed by atoms with Crippen LogP contribution in [0.5, 0.6) is 0 Å². The number of unbranched alkanes of at least 4 members (excludes halogenated alkanes) is 2. The molecule has 37 heavy (non-hydrogen) atoms. The van der Waals surface area contributed by atoms with E-state index in [2.05, 4.69) is 6.15 Å². The standard InChI is InChI=1S/2C4F9.2C4H9O.Sn/c2*5-1(6)2(7,8)3(9,10)4(11,12)13;2*1-2-3-4-5;/h;;2*2-4H2,1H3;/q;;2*-1;+2. The van der Waals surface area contributed by atoms with Gasteiger partial charge in [-0.25, -0.2) is 0 Å². The SMILES string of the molecule is CCCC[O][Sn]([O]CCCC)([C](F)(F)C(F)(F)C(F)(F)C(F)(F)F)[C](F)(F)C(F)(F)C(F)(F)C(F)(F)F. The Labute approximate surface area is 201 Å². The molecule has 0 fully saturated rings. The van der Waals surface area contributed by atoms with E-state index in [1.54, 1.807) is 0 Å². The zero-order chi connectivity index (χ0) is 30.2. The first-order chi connectivity index (χ1) is 16.1. The second-order valence-corrected chi connectivity index (χ2v) is 16.2. The van der Waals surface area contributed by atoms with Crippen molar-refractivity contribution in [2.75, 3.05) is 13.2 Å². The second kappa shape index (κ2) is 11.1. The zero-order valence-electron chi connectivity index (χ0n) is 18.4. The zero-order valence-corrected chi connectivity index (χ0v) is 21.2. The Morgan fingerprint density at radius 1 is 0.432 bits per heavy atom. The molecule has 0 radical (unpaired) electrons. The molecule has 0 aromatic carbocycles. The Balaban J connectivity index is 7.70. The quantitative estimate of drug-likeness (QED) is 0.104. The summed E-state index contributed by atoms with van der Waals surface area (Å²) >= 11 is -10.2. The number of rotatable bonds is 14. The molecule has 0 aromatic rings. The minimum atomic E-state index is -10.2. The average molecular weight is 703 g/mol. The molecule has 0 unspecified atom stereocenters. The molecule has 0 heterocycles. The summed E-state index contributed by atoms with van der Waals surface area (Å²) in [5.74, 6) is -32.3. The second-order valence-electron chi connectivity index (χ2n) is 7.46. The summed E-state index contributed by atoms with van der Waals surface area (Å²) in [6, 6.07) is 0. The van der Waals surface area contributed by atoms with Gasteiger partial charge in [0.05, 0.1) is 0 Å². The van der Waals surface area contributed by atoms with Crippen molar-refractivity contribution in [3.8, 4) is 0 Å². The maximum absolute atomic E-state index is 14.9. The first-order valence-electron chi connectivity index (χ1n) is 9.80. The van der Waals surface area contributed by atoms with E-state index in [9.17, 15) is 79.0 Å². The van der Waals surface area contributed by atoms with Gasteiger partial charge in [-0.3, -0.25) is 0 Å². The van der Waals surface area contributed by atoms with Gasteiger partial charge in [0, 0.05) is 0 Å². The van der Waals surface area contributed by atoms with Crippen LogP contribution in [0.2, 0.25) is 0 Å². The third-order valence-corrected chi connectivity index (χ3v) is 14.7. The van der Waals surface area contributed by atoms with Crippen LogP contribution < -0.4 is 0 Å². The fourth-order valence-electron chi connectivity index (χ4n) is 2.49. The van der Waals surface area contributed by atoms with Crippen molar-refractivity contribution < 1.29 is 85.2 Å². The molecular formula is C16H18F18O2Sn. The molecule has 0 bridgehead atoms. The van der Waals surface area contributed by atoms with Crippen LogP contribution in [0.1, 0.15) is 39.5 Å². The van der Waals surface area contributed by atoms with E-state index in [1.807, 2.05) is 0 Å². The molecule has 0 saturated heterocycles. The van der Waals surface area contributed by atoms with Crippen LogP contribution in [-0.4, -0.2) is 76.3 Å². The van der Waals surface area contributed by atoms with Crippen LogP contribution in [0.3, 0.4) is 0 Å². The van der Waals surface area contributed by atoms with Crippen molar-refractivity contribution in [2.45, 2.75) is 83.5 Å². The predicted molar refractivity (Wildman–Crippen MR) is 89.3 cm³/mol. The molecule has 0 spiro atoms. The molecule has 2 nitrogen and oxygen atoms in total. The van der Waals surface area contributed by atoms with Gasteiger partial charge in [0.15, 0.2) is 0 Å². The van der Waals surface area contributed by atoms with Crippen molar-refractivity contribution >= 4 is 19.2 Å².